The first-order valence-electron chi connectivity index (χ1n) is 11.0. The lowest BCUT2D eigenvalue weighted by Gasteiger charge is -2.22. The zero-order valence-electron chi connectivity index (χ0n) is 17.9. The van der Waals surface area contributed by atoms with E-state index in [1.807, 2.05) is 58.3 Å². The van der Waals surface area contributed by atoms with Gasteiger partial charge in [-0.1, -0.05) is 41.9 Å². The quantitative estimate of drug-likeness (QED) is 0.678. The van der Waals surface area contributed by atoms with Crippen LogP contribution >= 0.6 is 11.6 Å². The summed E-state index contributed by atoms with van der Waals surface area (Å²) < 4.78 is 5.18. The predicted molar refractivity (Wildman–Crippen MR) is 121 cm³/mol. The summed E-state index contributed by atoms with van der Waals surface area (Å²) in [6, 6.07) is 15.6. The van der Waals surface area contributed by atoms with E-state index in [0.717, 1.165) is 34.7 Å². The maximum Gasteiger partial charge on any atom is 0.226 e. The summed E-state index contributed by atoms with van der Waals surface area (Å²) in [6.07, 6.45) is 2.88. The average molecular weight is 441 g/mol. The van der Waals surface area contributed by atoms with Gasteiger partial charge in [-0.3, -0.25) is 9.59 Å². The number of aryl methyl sites for hydroxylation is 1. The van der Waals surface area contributed by atoms with Crippen molar-refractivity contribution in [3.05, 3.63) is 64.7 Å². The molecule has 1 aliphatic carbocycles. The van der Waals surface area contributed by atoms with Crippen LogP contribution in [0.15, 0.2) is 48.5 Å². The van der Waals surface area contributed by atoms with Gasteiger partial charge in [0.1, 0.15) is 5.75 Å². The number of carbonyl (C=O) groups is 2. The molecule has 4 rings (SSSR count). The fraction of sp³-hybridized carbons (Fsp3) is 0.440. The molecule has 1 saturated heterocycles. The third-order valence-corrected chi connectivity index (χ3v) is 6.70. The minimum atomic E-state index is 0.0252. The summed E-state index contributed by atoms with van der Waals surface area (Å²) in [5.41, 5.74) is 2.20. The van der Waals surface area contributed by atoms with Crippen molar-refractivity contribution in [3.8, 4) is 5.75 Å². The second-order valence-corrected chi connectivity index (χ2v) is 8.79. The van der Waals surface area contributed by atoms with Gasteiger partial charge in [-0.05, 0) is 54.5 Å². The zero-order valence-corrected chi connectivity index (χ0v) is 18.7. The maximum atomic E-state index is 13.0. The van der Waals surface area contributed by atoms with Gasteiger partial charge in [-0.25, -0.2) is 0 Å². The van der Waals surface area contributed by atoms with Gasteiger partial charge in [0.05, 0.1) is 7.11 Å². The normalized spacial score (nSPS) is 20.8. The molecule has 31 heavy (non-hydrogen) atoms. The summed E-state index contributed by atoms with van der Waals surface area (Å²) in [7, 11) is 1.64. The smallest absolute Gasteiger partial charge is 0.226 e. The van der Waals surface area contributed by atoms with E-state index in [0.29, 0.717) is 39.0 Å². The van der Waals surface area contributed by atoms with Crippen molar-refractivity contribution in [2.45, 2.75) is 31.6 Å². The Hall–Kier alpha value is -2.53. The number of methoxy groups -OCH3 is 1. The number of nitrogens with zero attached hydrogens (tertiary/aromatic N) is 2. The summed E-state index contributed by atoms with van der Waals surface area (Å²) in [5.74, 6) is 1.44. The molecule has 1 heterocycles. The Morgan fingerprint density at radius 1 is 1.00 bits per heavy atom. The molecule has 0 N–H and O–H groups in total. The van der Waals surface area contributed by atoms with Crippen molar-refractivity contribution >= 4 is 23.4 Å². The van der Waals surface area contributed by atoms with E-state index < -0.39 is 0 Å². The summed E-state index contributed by atoms with van der Waals surface area (Å²) in [5, 5.41) is 0.743. The van der Waals surface area contributed by atoms with Crippen LogP contribution in [0, 0.1) is 5.92 Å². The fourth-order valence-corrected chi connectivity index (χ4v) is 4.69. The number of halogens is 1. The van der Waals surface area contributed by atoms with Crippen LogP contribution in [0.25, 0.3) is 0 Å². The Morgan fingerprint density at radius 2 is 1.71 bits per heavy atom. The molecule has 6 heteroatoms. The molecular formula is C25H29ClN2O3. The minimum Gasteiger partial charge on any atom is -0.497 e. The van der Waals surface area contributed by atoms with E-state index in [4.69, 9.17) is 16.3 Å². The molecule has 1 saturated carbocycles. The zero-order chi connectivity index (χ0) is 21.8. The van der Waals surface area contributed by atoms with Gasteiger partial charge in [-0.15, -0.1) is 0 Å². The molecule has 0 bridgehead atoms. The van der Waals surface area contributed by atoms with Gasteiger partial charge < -0.3 is 14.5 Å². The number of carbonyl (C=O) groups excluding carboxylic acids is 2. The lowest BCUT2D eigenvalue weighted by molar-refractivity contribution is -0.134. The average Bonchev–Trinajstić information content (AvgIpc) is 3.61. The third-order valence-electron chi connectivity index (χ3n) is 6.36. The topological polar surface area (TPSA) is 49.9 Å². The van der Waals surface area contributed by atoms with Crippen molar-refractivity contribution in [2.24, 2.45) is 5.92 Å². The van der Waals surface area contributed by atoms with E-state index in [2.05, 4.69) is 0 Å². The van der Waals surface area contributed by atoms with Gasteiger partial charge in [-0.2, -0.15) is 0 Å². The molecule has 1 aliphatic heterocycles. The van der Waals surface area contributed by atoms with Crippen LogP contribution in [0.2, 0.25) is 5.02 Å². The summed E-state index contributed by atoms with van der Waals surface area (Å²) in [6.45, 7) is 2.65. The number of rotatable bonds is 6. The van der Waals surface area contributed by atoms with Crippen LogP contribution in [-0.4, -0.2) is 54.9 Å². The van der Waals surface area contributed by atoms with E-state index in [1.165, 1.54) is 0 Å². The summed E-state index contributed by atoms with van der Waals surface area (Å²) in [4.78, 5) is 29.6. The first-order valence-corrected chi connectivity index (χ1v) is 11.4. The van der Waals surface area contributed by atoms with Crippen molar-refractivity contribution in [1.29, 1.82) is 0 Å². The molecule has 2 amide bonds. The molecule has 164 valence electrons. The number of benzene rings is 2. The van der Waals surface area contributed by atoms with Crippen LogP contribution in [-0.2, 0) is 16.0 Å². The van der Waals surface area contributed by atoms with E-state index in [9.17, 15) is 9.59 Å². The van der Waals surface area contributed by atoms with Crippen LogP contribution in [0.1, 0.15) is 36.3 Å². The second kappa shape index (κ2) is 9.73. The fourth-order valence-electron chi connectivity index (χ4n) is 4.41. The molecule has 2 fully saturated rings. The number of amides is 2. The van der Waals surface area contributed by atoms with Crippen LogP contribution in [0.5, 0.6) is 5.75 Å². The number of ether oxygens (including phenoxy) is 1. The van der Waals surface area contributed by atoms with Crippen molar-refractivity contribution in [2.75, 3.05) is 33.3 Å². The van der Waals surface area contributed by atoms with Crippen molar-refractivity contribution < 1.29 is 14.3 Å². The van der Waals surface area contributed by atoms with Crippen molar-refractivity contribution in [3.63, 3.8) is 0 Å². The molecule has 2 aromatic rings. The Bertz CT molecular complexity index is 931. The van der Waals surface area contributed by atoms with Gasteiger partial charge in [0.25, 0.3) is 0 Å². The molecular weight excluding hydrogens is 412 g/mol. The first kappa shape index (κ1) is 21.7. The van der Waals surface area contributed by atoms with Crippen LogP contribution in [0.3, 0.4) is 0 Å². The SMILES string of the molecule is COc1ccc(CCC(=O)N2CCCN(C(=O)C3CC3c3ccccc3Cl)CC2)cc1. The lowest BCUT2D eigenvalue weighted by atomic mass is 10.1. The monoisotopic (exact) mass is 440 g/mol. The molecule has 0 spiro atoms. The van der Waals surface area contributed by atoms with E-state index >= 15 is 0 Å². The molecule has 2 aromatic carbocycles. The molecule has 2 atom stereocenters. The number of hydrogen-bond acceptors (Lipinski definition) is 3. The molecule has 5 nitrogen and oxygen atoms in total. The highest BCUT2D eigenvalue weighted by Gasteiger charge is 2.46. The Labute approximate surface area is 188 Å². The van der Waals surface area contributed by atoms with Gasteiger partial charge in [0.2, 0.25) is 11.8 Å². The van der Waals surface area contributed by atoms with Crippen LogP contribution < -0.4 is 4.74 Å². The molecule has 2 unspecified atom stereocenters. The Morgan fingerprint density at radius 3 is 2.45 bits per heavy atom. The Kier molecular flexibility index (Phi) is 6.81. The van der Waals surface area contributed by atoms with E-state index in [1.54, 1.807) is 7.11 Å². The molecule has 0 aromatic heterocycles. The highest BCUT2D eigenvalue weighted by atomic mass is 35.5. The third kappa shape index (κ3) is 5.21. The number of hydrogen-bond donors (Lipinski definition) is 0. The lowest BCUT2D eigenvalue weighted by Crippen LogP contribution is -2.38. The minimum absolute atomic E-state index is 0.0252. The van der Waals surface area contributed by atoms with E-state index in [-0.39, 0.29) is 23.7 Å². The van der Waals surface area contributed by atoms with Gasteiger partial charge in [0, 0.05) is 43.5 Å². The highest BCUT2D eigenvalue weighted by Crippen LogP contribution is 2.50. The standard InChI is InChI=1S/C25H29ClN2O3/c1-31-19-10-7-18(8-11-19)9-12-24(29)27-13-4-14-28(16-15-27)25(30)22-17-21(22)20-5-2-3-6-23(20)26/h2-3,5-8,10-11,21-22H,4,9,12-17H2,1H3. The maximum absolute atomic E-state index is 13.0. The first-order chi connectivity index (χ1) is 15.1. The largest absolute Gasteiger partial charge is 0.497 e. The molecule has 0 radical (unpaired) electrons. The molecule has 2 aliphatic rings. The van der Waals surface area contributed by atoms with Crippen molar-refractivity contribution in [1.82, 2.24) is 9.80 Å². The second-order valence-electron chi connectivity index (χ2n) is 8.38. The Balaban J connectivity index is 1.26. The summed E-state index contributed by atoms with van der Waals surface area (Å²) >= 11 is 6.31. The van der Waals surface area contributed by atoms with Gasteiger partial charge >= 0.3 is 0 Å². The highest BCUT2D eigenvalue weighted by molar-refractivity contribution is 6.31. The predicted octanol–water partition coefficient (Wildman–Crippen LogP) is 4.15. The van der Waals surface area contributed by atoms with Gasteiger partial charge in [0.15, 0.2) is 0 Å². The van der Waals surface area contributed by atoms with Crippen LogP contribution in [0.4, 0.5) is 0 Å².